The first-order valence-corrected chi connectivity index (χ1v) is 5.52. The Hall–Kier alpha value is -1.29. The Morgan fingerprint density at radius 3 is 3.13 bits per heavy atom. The van der Waals surface area contributed by atoms with Gasteiger partial charge in [-0.2, -0.15) is 0 Å². The van der Waals surface area contributed by atoms with Crippen LogP contribution in [0.15, 0.2) is 22.7 Å². The van der Waals surface area contributed by atoms with Crippen molar-refractivity contribution in [2.45, 2.75) is 6.42 Å². The molecule has 2 heterocycles. The fraction of sp³-hybridized carbons (Fsp3) is 0.182. The predicted molar refractivity (Wildman–Crippen MR) is 60.0 cm³/mol. The molecule has 3 nitrogen and oxygen atoms in total. The second-order valence-electron chi connectivity index (χ2n) is 3.55. The Morgan fingerprint density at radius 2 is 2.27 bits per heavy atom. The molecule has 4 heteroatoms. The third-order valence-corrected chi connectivity index (χ3v) is 3.15. The lowest BCUT2D eigenvalue weighted by Crippen LogP contribution is -2.16. The summed E-state index contributed by atoms with van der Waals surface area (Å²) in [7, 11) is 0. The van der Waals surface area contributed by atoms with Crippen molar-refractivity contribution in [2.24, 2.45) is 0 Å². The first-order valence-electron chi connectivity index (χ1n) is 4.73. The molecule has 0 bridgehead atoms. The van der Waals surface area contributed by atoms with Crippen LogP contribution in [0.3, 0.4) is 0 Å². The molecule has 15 heavy (non-hydrogen) atoms. The van der Waals surface area contributed by atoms with Crippen LogP contribution in [0, 0.1) is 0 Å². The highest BCUT2D eigenvalue weighted by molar-refractivity contribution is 9.10. The summed E-state index contributed by atoms with van der Waals surface area (Å²) in [4.78, 5) is 14.6. The van der Waals surface area contributed by atoms with Crippen LogP contribution in [0.25, 0.3) is 10.9 Å². The van der Waals surface area contributed by atoms with Gasteiger partial charge in [-0.1, -0.05) is 15.9 Å². The summed E-state index contributed by atoms with van der Waals surface area (Å²) in [6.07, 6.45) is 0.789. The fourth-order valence-corrected chi connectivity index (χ4v) is 2.33. The minimum absolute atomic E-state index is 0.247. The SMILES string of the molecule is O=C1OCCc2c1[nH]c1ccc(Br)cc21. The second kappa shape index (κ2) is 3.10. The number of rotatable bonds is 0. The van der Waals surface area contributed by atoms with Crippen molar-refractivity contribution in [2.75, 3.05) is 6.61 Å². The molecule has 76 valence electrons. The fourth-order valence-electron chi connectivity index (χ4n) is 1.97. The zero-order valence-corrected chi connectivity index (χ0v) is 9.43. The molecule has 0 fully saturated rings. The normalized spacial score (nSPS) is 15.1. The molecule has 0 spiro atoms. The van der Waals surface area contributed by atoms with Crippen molar-refractivity contribution in [3.63, 3.8) is 0 Å². The van der Waals surface area contributed by atoms with E-state index in [1.165, 1.54) is 0 Å². The van der Waals surface area contributed by atoms with Crippen molar-refractivity contribution in [1.82, 2.24) is 4.98 Å². The molecule has 0 amide bonds. The third kappa shape index (κ3) is 1.28. The van der Waals surface area contributed by atoms with E-state index in [-0.39, 0.29) is 5.97 Å². The van der Waals surface area contributed by atoms with Crippen LogP contribution < -0.4 is 0 Å². The highest BCUT2D eigenvalue weighted by atomic mass is 79.9. The van der Waals surface area contributed by atoms with Gasteiger partial charge in [-0.3, -0.25) is 0 Å². The Bertz CT molecular complexity index is 559. The average Bonchev–Trinajstić information content (AvgIpc) is 2.58. The van der Waals surface area contributed by atoms with Crippen molar-refractivity contribution in [3.8, 4) is 0 Å². The van der Waals surface area contributed by atoms with E-state index in [9.17, 15) is 4.79 Å². The van der Waals surface area contributed by atoms with E-state index in [1.807, 2.05) is 18.2 Å². The topological polar surface area (TPSA) is 42.1 Å². The lowest BCUT2D eigenvalue weighted by molar-refractivity contribution is 0.0475. The highest BCUT2D eigenvalue weighted by Gasteiger charge is 2.23. The molecule has 1 aliphatic rings. The molecule has 1 aliphatic heterocycles. The summed E-state index contributed by atoms with van der Waals surface area (Å²) < 4.78 is 6.01. The van der Waals surface area contributed by atoms with Crippen molar-refractivity contribution >= 4 is 32.8 Å². The molecular formula is C11H8BrNO2. The van der Waals surface area contributed by atoms with E-state index >= 15 is 0 Å². The largest absolute Gasteiger partial charge is 0.461 e. The number of hydrogen-bond donors (Lipinski definition) is 1. The van der Waals surface area contributed by atoms with Crippen LogP contribution in [-0.4, -0.2) is 17.6 Å². The Kier molecular flexibility index (Phi) is 1.85. The van der Waals surface area contributed by atoms with Crippen LogP contribution in [0.4, 0.5) is 0 Å². The number of aromatic amines is 1. The zero-order chi connectivity index (χ0) is 10.4. The van der Waals surface area contributed by atoms with Gasteiger partial charge in [-0.15, -0.1) is 0 Å². The molecule has 0 radical (unpaired) electrons. The molecular weight excluding hydrogens is 258 g/mol. The summed E-state index contributed by atoms with van der Waals surface area (Å²) in [5, 5.41) is 1.11. The van der Waals surface area contributed by atoms with E-state index in [0.717, 1.165) is 27.4 Å². The summed E-state index contributed by atoms with van der Waals surface area (Å²) in [5.41, 5.74) is 2.67. The number of nitrogens with one attached hydrogen (secondary N) is 1. The standard InChI is InChI=1S/C11H8BrNO2/c12-6-1-2-9-8(5-6)7-3-4-15-11(14)10(7)13-9/h1-2,5,13H,3-4H2. The van der Waals surface area contributed by atoms with E-state index in [0.29, 0.717) is 12.3 Å². The smallest absolute Gasteiger partial charge is 0.355 e. The predicted octanol–water partition coefficient (Wildman–Crippen LogP) is 2.64. The van der Waals surface area contributed by atoms with Gasteiger partial charge in [-0.25, -0.2) is 4.79 Å². The maximum absolute atomic E-state index is 11.5. The molecule has 3 rings (SSSR count). The number of hydrogen-bond acceptors (Lipinski definition) is 2. The summed E-state index contributed by atoms with van der Waals surface area (Å²) in [5.74, 6) is -0.247. The van der Waals surface area contributed by atoms with Gasteiger partial charge in [0, 0.05) is 21.8 Å². The van der Waals surface area contributed by atoms with Crippen LogP contribution in [0.1, 0.15) is 16.1 Å². The maximum Gasteiger partial charge on any atom is 0.355 e. The summed E-state index contributed by atoms with van der Waals surface area (Å²) in [6, 6.07) is 5.95. The van der Waals surface area contributed by atoms with Gasteiger partial charge in [0.15, 0.2) is 0 Å². The first-order chi connectivity index (χ1) is 7.25. The van der Waals surface area contributed by atoms with Gasteiger partial charge in [0.1, 0.15) is 5.69 Å². The van der Waals surface area contributed by atoms with Gasteiger partial charge in [0.2, 0.25) is 0 Å². The quantitative estimate of drug-likeness (QED) is 0.745. The van der Waals surface area contributed by atoms with Gasteiger partial charge in [0.25, 0.3) is 0 Å². The Morgan fingerprint density at radius 1 is 1.40 bits per heavy atom. The van der Waals surface area contributed by atoms with E-state index in [4.69, 9.17) is 4.74 Å². The van der Waals surface area contributed by atoms with E-state index in [1.54, 1.807) is 0 Å². The number of aromatic nitrogens is 1. The molecule has 0 aliphatic carbocycles. The minimum Gasteiger partial charge on any atom is -0.461 e. The van der Waals surface area contributed by atoms with Crippen LogP contribution in [0.5, 0.6) is 0 Å². The first kappa shape index (κ1) is 8.97. The van der Waals surface area contributed by atoms with Crippen molar-refractivity contribution < 1.29 is 9.53 Å². The van der Waals surface area contributed by atoms with Gasteiger partial charge >= 0.3 is 5.97 Å². The Balaban J connectivity index is 2.36. The molecule has 1 aromatic heterocycles. The van der Waals surface area contributed by atoms with Gasteiger partial charge in [-0.05, 0) is 23.8 Å². The molecule has 1 N–H and O–H groups in total. The number of fused-ring (bicyclic) bond motifs is 3. The number of carbonyl (C=O) groups excluding carboxylic acids is 1. The van der Waals surface area contributed by atoms with Gasteiger partial charge in [0.05, 0.1) is 6.61 Å². The summed E-state index contributed by atoms with van der Waals surface area (Å²) >= 11 is 3.43. The number of cyclic esters (lactones) is 1. The number of benzene rings is 1. The Labute approximate surface area is 94.6 Å². The number of ether oxygens (including phenoxy) is 1. The van der Waals surface area contributed by atoms with Crippen molar-refractivity contribution in [1.29, 1.82) is 0 Å². The molecule has 0 atom stereocenters. The number of carbonyl (C=O) groups is 1. The average molecular weight is 266 g/mol. The van der Waals surface area contributed by atoms with E-state index < -0.39 is 0 Å². The minimum atomic E-state index is -0.247. The molecule has 2 aromatic rings. The maximum atomic E-state index is 11.5. The zero-order valence-electron chi connectivity index (χ0n) is 7.84. The van der Waals surface area contributed by atoms with Crippen molar-refractivity contribution in [3.05, 3.63) is 33.9 Å². The molecule has 0 saturated carbocycles. The van der Waals surface area contributed by atoms with E-state index in [2.05, 4.69) is 20.9 Å². The lowest BCUT2D eigenvalue weighted by Gasteiger charge is -2.11. The summed E-state index contributed by atoms with van der Waals surface area (Å²) in [6.45, 7) is 0.477. The van der Waals surface area contributed by atoms with Gasteiger partial charge < -0.3 is 9.72 Å². The lowest BCUT2D eigenvalue weighted by atomic mass is 10.1. The molecule has 1 aromatic carbocycles. The third-order valence-electron chi connectivity index (χ3n) is 2.66. The van der Waals surface area contributed by atoms with Crippen LogP contribution >= 0.6 is 15.9 Å². The molecule has 0 saturated heterocycles. The van der Waals surface area contributed by atoms with Crippen LogP contribution in [0.2, 0.25) is 0 Å². The molecule has 0 unspecified atom stereocenters. The second-order valence-corrected chi connectivity index (χ2v) is 4.47. The number of H-pyrrole nitrogens is 1. The highest BCUT2D eigenvalue weighted by Crippen LogP contribution is 2.28. The number of halogens is 1. The monoisotopic (exact) mass is 265 g/mol. The van der Waals surface area contributed by atoms with Crippen LogP contribution in [-0.2, 0) is 11.2 Å². The number of esters is 1.